The van der Waals surface area contributed by atoms with Gasteiger partial charge >= 0.3 is 0 Å². The van der Waals surface area contributed by atoms with Crippen LogP contribution < -0.4 is 5.32 Å². The second kappa shape index (κ2) is 14.2. The molecule has 2 aromatic rings. The molecule has 0 spiro atoms. The Hall–Kier alpha value is -2.00. The SMILES string of the molecule is O=C([C@@H](Cc1ccc(Cl)cc1)N[C@H]1CC[C@H](N2CCOCC2)CC1)N1CCC(Cn2cncn2)(C2CCCCC2)CC1. The lowest BCUT2D eigenvalue weighted by molar-refractivity contribution is -0.137. The van der Waals surface area contributed by atoms with Crippen molar-refractivity contribution in [3.8, 4) is 0 Å². The number of carbonyl (C=O) groups excluding carboxylic acids is 1. The van der Waals surface area contributed by atoms with Gasteiger partial charge in [-0.05, 0) is 86.8 Å². The van der Waals surface area contributed by atoms with Crippen LogP contribution in [0, 0.1) is 11.3 Å². The maximum atomic E-state index is 14.2. The normalized spacial score (nSPS) is 26.6. The Morgan fingerprint density at radius 1 is 0.976 bits per heavy atom. The van der Waals surface area contributed by atoms with Crippen molar-refractivity contribution >= 4 is 17.5 Å². The number of hydrogen-bond donors (Lipinski definition) is 1. The Bertz CT molecular complexity index is 1100. The molecule has 0 unspecified atom stereocenters. The van der Waals surface area contributed by atoms with E-state index in [1.807, 2.05) is 23.1 Å². The molecule has 0 radical (unpaired) electrons. The van der Waals surface area contributed by atoms with Crippen molar-refractivity contribution < 1.29 is 9.53 Å². The predicted octanol–water partition coefficient (Wildman–Crippen LogP) is 4.96. The van der Waals surface area contributed by atoms with Crippen LogP contribution >= 0.6 is 11.6 Å². The van der Waals surface area contributed by atoms with E-state index in [1.165, 1.54) is 44.9 Å². The summed E-state index contributed by atoms with van der Waals surface area (Å²) < 4.78 is 7.61. The Morgan fingerprint density at radius 2 is 1.69 bits per heavy atom. The topological polar surface area (TPSA) is 75.5 Å². The summed E-state index contributed by atoms with van der Waals surface area (Å²) in [5.74, 6) is 0.968. The summed E-state index contributed by atoms with van der Waals surface area (Å²) >= 11 is 6.19. The van der Waals surface area contributed by atoms with Gasteiger partial charge in [0.05, 0.1) is 19.3 Å². The Labute approximate surface area is 256 Å². The number of aromatic nitrogens is 3. The molecule has 3 heterocycles. The van der Waals surface area contributed by atoms with Crippen molar-refractivity contribution in [1.29, 1.82) is 0 Å². The summed E-state index contributed by atoms with van der Waals surface area (Å²) in [6.07, 6.45) is 17.5. The second-order valence-electron chi connectivity index (χ2n) is 13.3. The van der Waals surface area contributed by atoms with Gasteiger partial charge in [0.2, 0.25) is 5.91 Å². The number of hydrogen-bond acceptors (Lipinski definition) is 6. The lowest BCUT2D eigenvalue weighted by Crippen LogP contribution is -2.56. The Morgan fingerprint density at radius 3 is 2.36 bits per heavy atom. The van der Waals surface area contributed by atoms with Gasteiger partial charge in [0.1, 0.15) is 12.7 Å². The van der Waals surface area contributed by atoms with Gasteiger partial charge in [-0.3, -0.25) is 14.4 Å². The molecule has 2 saturated heterocycles. The predicted molar refractivity (Wildman–Crippen MR) is 165 cm³/mol. The first-order valence-corrected chi connectivity index (χ1v) is 16.9. The van der Waals surface area contributed by atoms with E-state index in [0.29, 0.717) is 24.4 Å². The fourth-order valence-corrected chi connectivity index (χ4v) is 8.47. The summed E-state index contributed by atoms with van der Waals surface area (Å²) in [5, 5.41) is 9.09. The second-order valence-corrected chi connectivity index (χ2v) is 13.8. The number of nitrogens with zero attached hydrogens (tertiary/aromatic N) is 5. The third-order valence-electron chi connectivity index (χ3n) is 10.8. The van der Waals surface area contributed by atoms with Crippen LogP contribution in [-0.4, -0.2) is 88.0 Å². The average molecular weight is 597 g/mol. The van der Waals surface area contributed by atoms with Crippen molar-refractivity contribution in [3.05, 3.63) is 47.5 Å². The number of benzene rings is 1. The van der Waals surface area contributed by atoms with Crippen LogP contribution in [0.4, 0.5) is 0 Å². The van der Waals surface area contributed by atoms with Gasteiger partial charge in [-0.1, -0.05) is 43.0 Å². The van der Waals surface area contributed by atoms with Crippen LogP contribution in [0.2, 0.25) is 5.02 Å². The maximum Gasteiger partial charge on any atom is 0.240 e. The molecule has 1 aromatic heterocycles. The van der Waals surface area contributed by atoms with Crippen LogP contribution in [0.15, 0.2) is 36.9 Å². The lowest BCUT2D eigenvalue weighted by atomic mass is 9.63. The van der Waals surface area contributed by atoms with Crippen LogP contribution in [-0.2, 0) is 22.5 Å². The highest BCUT2D eigenvalue weighted by atomic mass is 35.5. The monoisotopic (exact) mass is 596 g/mol. The third kappa shape index (κ3) is 7.37. The fourth-order valence-electron chi connectivity index (χ4n) is 8.35. The van der Waals surface area contributed by atoms with Crippen LogP contribution in [0.3, 0.4) is 0 Å². The molecule has 0 bridgehead atoms. The van der Waals surface area contributed by atoms with Gasteiger partial charge in [-0.2, -0.15) is 5.10 Å². The molecular formula is C33H49ClN6O2. The first-order valence-electron chi connectivity index (χ1n) is 16.5. The fraction of sp³-hybridized carbons (Fsp3) is 0.727. The highest BCUT2D eigenvalue weighted by Gasteiger charge is 2.44. The molecule has 230 valence electrons. The molecule has 9 heteroatoms. The molecule has 1 atom stereocenters. The number of carbonyl (C=O) groups is 1. The number of ether oxygens (including phenoxy) is 1. The molecule has 1 N–H and O–H groups in total. The van der Waals surface area contributed by atoms with Crippen molar-refractivity contribution in [2.45, 2.75) is 102 Å². The summed E-state index contributed by atoms with van der Waals surface area (Å²) in [5.41, 5.74) is 1.36. The average Bonchev–Trinajstić information content (AvgIpc) is 3.56. The first-order chi connectivity index (χ1) is 20.6. The molecule has 4 aliphatic rings. The molecule has 6 rings (SSSR count). The van der Waals surface area contributed by atoms with Crippen molar-refractivity contribution in [3.63, 3.8) is 0 Å². The van der Waals surface area contributed by atoms with Gasteiger partial charge < -0.3 is 15.0 Å². The molecule has 2 aliphatic heterocycles. The van der Waals surface area contributed by atoms with E-state index in [0.717, 1.165) is 82.2 Å². The maximum absolute atomic E-state index is 14.2. The first kappa shape index (κ1) is 30.0. The lowest BCUT2D eigenvalue weighted by Gasteiger charge is -2.48. The van der Waals surface area contributed by atoms with Gasteiger partial charge in [0, 0.05) is 49.8 Å². The van der Waals surface area contributed by atoms with Crippen molar-refractivity contribution in [2.75, 3.05) is 39.4 Å². The molecule has 2 saturated carbocycles. The summed E-state index contributed by atoms with van der Waals surface area (Å²) in [7, 11) is 0. The minimum absolute atomic E-state index is 0.196. The van der Waals surface area contributed by atoms with E-state index in [9.17, 15) is 4.79 Å². The van der Waals surface area contributed by atoms with E-state index in [4.69, 9.17) is 16.3 Å². The minimum atomic E-state index is -0.214. The van der Waals surface area contributed by atoms with Crippen LogP contribution in [0.25, 0.3) is 0 Å². The van der Waals surface area contributed by atoms with E-state index < -0.39 is 0 Å². The zero-order chi connectivity index (χ0) is 28.8. The van der Waals surface area contributed by atoms with Crippen molar-refractivity contribution in [1.82, 2.24) is 29.9 Å². The van der Waals surface area contributed by atoms with E-state index in [2.05, 4.69) is 37.3 Å². The highest BCUT2D eigenvalue weighted by Crippen LogP contribution is 2.47. The van der Waals surface area contributed by atoms with Crippen LogP contribution in [0.1, 0.15) is 76.2 Å². The number of nitrogens with one attached hydrogen (secondary N) is 1. The number of piperidine rings is 1. The standard InChI is InChI=1S/C33H49ClN6O2/c34-28-8-6-26(7-9-28)22-31(37-29-10-12-30(13-11-29)38-18-20-42-21-19-38)32(41)39-16-14-33(15-17-39,23-40-25-35-24-36-40)27-4-2-1-3-5-27/h6-9,24-25,27,29-31,37H,1-5,10-23H2/t29-,30-,31-/m1/s1. The molecule has 4 fully saturated rings. The molecule has 2 aliphatic carbocycles. The quantitative estimate of drug-likeness (QED) is 0.441. The van der Waals surface area contributed by atoms with Gasteiger partial charge in [-0.15, -0.1) is 0 Å². The van der Waals surface area contributed by atoms with Gasteiger partial charge in [-0.25, -0.2) is 4.98 Å². The van der Waals surface area contributed by atoms with E-state index >= 15 is 0 Å². The number of rotatable bonds is 9. The summed E-state index contributed by atoms with van der Waals surface area (Å²) in [6, 6.07) is 8.84. The summed E-state index contributed by atoms with van der Waals surface area (Å²) in [4.78, 5) is 23.2. The summed E-state index contributed by atoms with van der Waals surface area (Å²) in [6.45, 7) is 6.38. The number of morpholine rings is 1. The minimum Gasteiger partial charge on any atom is -0.379 e. The number of likely N-dealkylation sites (tertiary alicyclic amines) is 1. The zero-order valence-corrected chi connectivity index (χ0v) is 25.9. The third-order valence-corrected chi connectivity index (χ3v) is 11.1. The molecule has 8 nitrogen and oxygen atoms in total. The molecule has 1 amide bonds. The van der Waals surface area contributed by atoms with Crippen LogP contribution in [0.5, 0.6) is 0 Å². The Balaban J connectivity index is 1.11. The van der Waals surface area contributed by atoms with Crippen molar-refractivity contribution in [2.24, 2.45) is 11.3 Å². The molecule has 1 aromatic carbocycles. The van der Waals surface area contributed by atoms with E-state index in [1.54, 1.807) is 6.33 Å². The smallest absolute Gasteiger partial charge is 0.240 e. The highest BCUT2D eigenvalue weighted by molar-refractivity contribution is 6.30. The van der Waals surface area contributed by atoms with E-state index in [-0.39, 0.29) is 17.4 Å². The zero-order valence-electron chi connectivity index (χ0n) is 25.1. The number of amides is 1. The Kier molecular flexibility index (Phi) is 10.1. The molecular weight excluding hydrogens is 548 g/mol. The number of halogens is 1. The largest absolute Gasteiger partial charge is 0.379 e. The van der Waals surface area contributed by atoms with Gasteiger partial charge in [0.25, 0.3) is 0 Å². The van der Waals surface area contributed by atoms with Gasteiger partial charge in [0.15, 0.2) is 0 Å². The molecule has 42 heavy (non-hydrogen) atoms.